The predicted molar refractivity (Wildman–Crippen MR) is 242 cm³/mol. The van der Waals surface area contributed by atoms with Gasteiger partial charge < -0.3 is 39.0 Å². The van der Waals surface area contributed by atoms with Crippen molar-refractivity contribution in [3.05, 3.63) is 83.3 Å². The minimum Gasteiger partial charge on any atom is -0.469 e. The standard InChI is InChI=1S/C50H54F4N6O8/c1-26(2)34(22-42(61)65-5)45(62)60-25-48(67-16-17-68-48)23-41(60)39-21-31(24-55-39)29-10-13-33-32-12-9-28(18-35(32)49(51,52)50(53,54)36(33)19-29)30-11-14-37-38(20-30)57-44(56-37)40-8-7-15-59(40)46(63)43(27(3)4)58-47(64)66-6/h9-14,18-20,24,26-27,34,40-41,43H,7-8,15-17,21-23,25H2,1-6H3,(H,56,57)(H,58,64)/t34-,40-,41-,43-/m0/s1. The molecular formula is C50H54F4N6O8. The summed E-state index contributed by atoms with van der Waals surface area (Å²) in [4.78, 5) is 68.2. The van der Waals surface area contributed by atoms with Crippen LogP contribution >= 0.6 is 0 Å². The number of aliphatic imine (C=N–C) groups is 1. The molecule has 1 aromatic heterocycles. The minimum absolute atomic E-state index is 0.0190. The summed E-state index contributed by atoms with van der Waals surface area (Å²) in [6.45, 7) is 8.60. The van der Waals surface area contributed by atoms with Gasteiger partial charge in [-0.15, -0.1) is 0 Å². The fourth-order valence-corrected chi connectivity index (χ4v) is 10.3. The number of methoxy groups -OCH3 is 2. The Morgan fingerprint density at radius 3 is 2.12 bits per heavy atom. The first-order valence-corrected chi connectivity index (χ1v) is 23.0. The monoisotopic (exact) mass is 942 g/mol. The second-order valence-corrected chi connectivity index (χ2v) is 18.9. The van der Waals surface area contributed by atoms with E-state index in [2.05, 4.69) is 15.3 Å². The Bertz CT molecular complexity index is 2750. The lowest BCUT2D eigenvalue weighted by Crippen LogP contribution is -2.51. The number of fused-ring (bicyclic) bond motifs is 4. The molecule has 18 heteroatoms. The number of aromatic nitrogens is 2. The van der Waals surface area contributed by atoms with Gasteiger partial charge in [0.25, 0.3) is 0 Å². The number of amides is 3. The summed E-state index contributed by atoms with van der Waals surface area (Å²) in [6.07, 6.45) is 2.45. The maximum atomic E-state index is 16.4. The van der Waals surface area contributed by atoms with Crippen LogP contribution in [0.5, 0.6) is 0 Å². The van der Waals surface area contributed by atoms with Crippen molar-refractivity contribution in [2.45, 2.75) is 95.6 Å². The van der Waals surface area contributed by atoms with Crippen molar-refractivity contribution in [3.63, 3.8) is 0 Å². The van der Waals surface area contributed by atoms with Crippen LogP contribution in [0.2, 0.25) is 0 Å². The van der Waals surface area contributed by atoms with Crippen molar-refractivity contribution >= 4 is 46.2 Å². The quantitative estimate of drug-likeness (QED) is 0.111. The molecule has 3 saturated heterocycles. The number of allylic oxidation sites excluding steroid dienone is 1. The fourth-order valence-electron chi connectivity index (χ4n) is 10.3. The van der Waals surface area contributed by atoms with E-state index in [0.717, 1.165) is 12.1 Å². The van der Waals surface area contributed by atoms with E-state index < -0.39 is 64.9 Å². The molecule has 4 aromatic rings. The summed E-state index contributed by atoms with van der Waals surface area (Å²) in [5, 5.41) is 2.63. The second kappa shape index (κ2) is 17.7. The number of carbonyl (C=O) groups excluding carboxylic acids is 4. The Balaban J connectivity index is 0.959. The molecule has 3 fully saturated rings. The highest BCUT2D eigenvalue weighted by molar-refractivity contribution is 6.04. The van der Waals surface area contributed by atoms with Crippen molar-refractivity contribution in [1.82, 2.24) is 25.1 Å². The molecule has 1 spiro atoms. The first-order chi connectivity index (χ1) is 32.4. The van der Waals surface area contributed by atoms with Crippen molar-refractivity contribution in [2.24, 2.45) is 22.7 Å². The Kier molecular flexibility index (Phi) is 12.3. The fraction of sp³-hybridized carbons (Fsp3) is 0.480. The molecule has 1 aliphatic carbocycles. The van der Waals surface area contributed by atoms with Gasteiger partial charge in [0.2, 0.25) is 11.8 Å². The van der Waals surface area contributed by atoms with Crippen LogP contribution in [0, 0.1) is 17.8 Å². The highest BCUT2D eigenvalue weighted by Gasteiger charge is 2.63. The smallest absolute Gasteiger partial charge is 0.407 e. The number of imidazole rings is 1. The minimum atomic E-state index is -4.59. The highest BCUT2D eigenvalue weighted by Crippen LogP contribution is 2.59. The average molecular weight is 943 g/mol. The third-order valence-corrected chi connectivity index (χ3v) is 14.1. The Hall–Kier alpha value is -6.14. The van der Waals surface area contributed by atoms with Gasteiger partial charge in [-0.3, -0.25) is 19.4 Å². The zero-order valence-electron chi connectivity index (χ0n) is 38.7. The van der Waals surface area contributed by atoms with Gasteiger partial charge in [-0.1, -0.05) is 58.0 Å². The zero-order valence-corrected chi connectivity index (χ0v) is 38.7. The van der Waals surface area contributed by atoms with Crippen LogP contribution in [-0.4, -0.2) is 108 Å². The number of aromatic amines is 1. The van der Waals surface area contributed by atoms with E-state index in [9.17, 15) is 19.2 Å². The van der Waals surface area contributed by atoms with Gasteiger partial charge in [0, 0.05) is 42.4 Å². The van der Waals surface area contributed by atoms with E-state index in [1.807, 2.05) is 27.7 Å². The number of alkyl carbamates (subject to hydrolysis) is 1. The van der Waals surface area contributed by atoms with E-state index in [1.165, 1.54) is 32.6 Å². The molecule has 14 nitrogen and oxygen atoms in total. The molecule has 3 aromatic carbocycles. The molecule has 0 saturated carbocycles. The van der Waals surface area contributed by atoms with Crippen molar-refractivity contribution in [2.75, 3.05) is 40.5 Å². The zero-order chi connectivity index (χ0) is 48.4. The Morgan fingerprint density at radius 2 is 1.47 bits per heavy atom. The molecule has 360 valence electrons. The number of H-pyrrole nitrogens is 1. The van der Waals surface area contributed by atoms with Gasteiger partial charge in [-0.05, 0) is 82.3 Å². The van der Waals surface area contributed by atoms with Gasteiger partial charge in [0.1, 0.15) is 11.9 Å². The summed E-state index contributed by atoms with van der Waals surface area (Å²) in [5.74, 6) is -11.9. The molecule has 0 bridgehead atoms. The Labute approximate surface area is 390 Å². The first-order valence-electron chi connectivity index (χ1n) is 23.0. The summed E-state index contributed by atoms with van der Waals surface area (Å²) in [6, 6.07) is 11.7. The summed E-state index contributed by atoms with van der Waals surface area (Å²) in [5.41, 5.74) is 1.62. The van der Waals surface area contributed by atoms with E-state index in [1.54, 1.807) is 40.1 Å². The van der Waals surface area contributed by atoms with Gasteiger partial charge in [-0.2, -0.15) is 17.6 Å². The normalized spacial score (nSPS) is 22.0. The first kappa shape index (κ1) is 46.9. The molecule has 2 N–H and O–H groups in total. The van der Waals surface area contributed by atoms with E-state index >= 15 is 17.6 Å². The van der Waals surface area contributed by atoms with Gasteiger partial charge >= 0.3 is 23.9 Å². The lowest BCUT2D eigenvalue weighted by Gasteiger charge is -2.35. The van der Waals surface area contributed by atoms with Crippen molar-refractivity contribution in [3.8, 4) is 22.3 Å². The van der Waals surface area contributed by atoms with Crippen LogP contribution in [0.25, 0.3) is 38.9 Å². The molecule has 4 atom stereocenters. The summed E-state index contributed by atoms with van der Waals surface area (Å²) >= 11 is 0. The molecule has 5 aliphatic rings. The number of rotatable bonds is 11. The summed E-state index contributed by atoms with van der Waals surface area (Å²) < 4.78 is 87.2. The van der Waals surface area contributed by atoms with Gasteiger partial charge in [-0.25, -0.2) is 9.78 Å². The predicted octanol–water partition coefficient (Wildman–Crippen LogP) is 8.50. The van der Waals surface area contributed by atoms with E-state index in [4.69, 9.17) is 23.9 Å². The number of ether oxygens (including phenoxy) is 4. The van der Waals surface area contributed by atoms with Crippen LogP contribution in [0.4, 0.5) is 22.4 Å². The molecule has 3 amide bonds. The van der Waals surface area contributed by atoms with Gasteiger partial charge in [0.05, 0.1) is 69.4 Å². The number of halogens is 4. The molecule has 68 heavy (non-hydrogen) atoms. The van der Waals surface area contributed by atoms with Crippen LogP contribution in [0.15, 0.2) is 65.8 Å². The number of likely N-dealkylation sites (tertiary alicyclic amines) is 2. The van der Waals surface area contributed by atoms with Gasteiger partial charge in [0.15, 0.2) is 5.79 Å². The topological polar surface area (TPSA) is 165 Å². The molecule has 0 unspecified atom stereocenters. The molecule has 9 rings (SSSR count). The SMILES string of the molecule is COC(=O)C[C@H](C(=O)N1CC2(C[C@H]1C1=NC=C(c3ccc4c(c3)C(F)(F)C(F)(F)c3cc(-c5ccc6nc([C@@H]7CCCN7C(=O)[C@@H](NC(=O)OC)C(C)C)[nH]c6c5)ccc3-4)C1)OCCO2)C(C)C. The number of nitrogens with zero attached hydrogens (tertiary/aromatic N) is 4. The third-order valence-electron chi connectivity index (χ3n) is 14.1. The molecular weight excluding hydrogens is 889 g/mol. The maximum Gasteiger partial charge on any atom is 0.407 e. The van der Waals surface area contributed by atoms with Crippen LogP contribution < -0.4 is 5.32 Å². The number of hydrogen-bond donors (Lipinski definition) is 2. The van der Waals surface area contributed by atoms with Crippen LogP contribution in [0.3, 0.4) is 0 Å². The Morgan fingerprint density at radius 1 is 0.824 bits per heavy atom. The largest absolute Gasteiger partial charge is 0.469 e. The van der Waals surface area contributed by atoms with E-state index in [0.29, 0.717) is 71.9 Å². The molecule has 4 aliphatic heterocycles. The number of nitrogens with one attached hydrogen (secondary N) is 2. The highest BCUT2D eigenvalue weighted by atomic mass is 19.3. The number of hydrogen-bond acceptors (Lipinski definition) is 10. The molecule has 0 radical (unpaired) electrons. The number of benzene rings is 3. The van der Waals surface area contributed by atoms with Crippen molar-refractivity contribution in [1.29, 1.82) is 0 Å². The molecule has 5 heterocycles. The van der Waals surface area contributed by atoms with Crippen molar-refractivity contribution < 1.29 is 55.7 Å². The maximum absolute atomic E-state index is 16.4. The van der Waals surface area contributed by atoms with E-state index in [-0.39, 0.29) is 66.1 Å². The van der Waals surface area contributed by atoms with Crippen LogP contribution in [-0.2, 0) is 45.2 Å². The van der Waals surface area contributed by atoms with Crippen LogP contribution in [0.1, 0.15) is 88.4 Å². The summed E-state index contributed by atoms with van der Waals surface area (Å²) in [7, 11) is 2.50. The third kappa shape index (κ3) is 8.12. The number of esters is 1. The number of carbonyl (C=O) groups is 4. The lowest BCUT2D eigenvalue weighted by molar-refractivity contribution is -0.225. The average Bonchev–Trinajstić information content (AvgIpc) is 4.19. The number of alkyl halides is 4. The lowest BCUT2D eigenvalue weighted by atomic mass is 9.78. The second-order valence-electron chi connectivity index (χ2n) is 18.9.